The molecule has 0 spiro atoms. The van der Waals surface area contributed by atoms with E-state index in [-0.39, 0.29) is 18.5 Å². The first-order valence-corrected chi connectivity index (χ1v) is 4.13. The van der Waals surface area contributed by atoms with E-state index in [0.29, 0.717) is 0 Å². The number of rotatable bonds is 3. The largest absolute Gasteiger partial charge is 0.348 e. The summed E-state index contributed by atoms with van der Waals surface area (Å²) in [5.74, 6) is -0.149. The van der Waals surface area contributed by atoms with Gasteiger partial charge in [0.05, 0.1) is 12.6 Å². The Morgan fingerprint density at radius 1 is 1.62 bits per heavy atom. The molecule has 0 saturated heterocycles. The van der Waals surface area contributed by atoms with Gasteiger partial charge in [-0.15, -0.1) is 0 Å². The van der Waals surface area contributed by atoms with Gasteiger partial charge in [-0.2, -0.15) is 0 Å². The molecule has 0 aliphatic carbocycles. The number of carbonyl (C=O) groups is 1. The fourth-order valence-corrected chi connectivity index (χ4v) is 1.04. The van der Waals surface area contributed by atoms with Crippen molar-refractivity contribution in [3.05, 3.63) is 30.1 Å². The molecule has 0 aromatic carbocycles. The second-order valence-corrected chi connectivity index (χ2v) is 2.77. The van der Waals surface area contributed by atoms with Gasteiger partial charge in [0, 0.05) is 12.4 Å². The molecule has 4 heteroatoms. The lowest BCUT2D eigenvalue weighted by Gasteiger charge is -2.12. The van der Waals surface area contributed by atoms with Crippen LogP contribution in [0.5, 0.6) is 0 Å². The van der Waals surface area contributed by atoms with Crippen LogP contribution in [0, 0.1) is 0 Å². The predicted octanol–water partition coefficient (Wildman–Crippen LogP) is 0.217. The summed E-state index contributed by atoms with van der Waals surface area (Å²) < 4.78 is 0. The average Bonchev–Trinajstić information content (AvgIpc) is 2.19. The number of nitrogens with zero attached hydrogens (tertiary/aromatic N) is 1. The molecule has 3 N–H and O–H groups in total. The zero-order chi connectivity index (χ0) is 9.68. The third-order valence-corrected chi connectivity index (χ3v) is 1.77. The van der Waals surface area contributed by atoms with Crippen molar-refractivity contribution in [1.29, 1.82) is 0 Å². The summed E-state index contributed by atoms with van der Waals surface area (Å²) in [4.78, 5) is 14.8. The van der Waals surface area contributed by atoms with Crippen LogP contribution in [-0.4, -0.2) is 17.4 Å². The van der Waals surface area contributed by atoms with E-state index in [9.17, 15) is 4.79 Å². The van der Waals surface area contributed by atoms with Crippen molar-refractivity contribution in [3.8, 4) is 0 Å². The van der Waals surface area contributed by atoms with Gasteiger partial charge >= 0.3 is 0 Å². The molecule has 1 heterocycles. The van der Waals surface area contributed by atoms with Crippen LogP contribution in [0.25, 0.3) is 0 Å². The van der Waals surface area contributed by atoms with Crippen molar-refractivity contribution in [2.45, 2.75) is 13.0 Å². The monoisotopic (exact) mass is 179 g/mol. The molecule has 0 saturated carbocycles. The summed E-state index contributed by atoms with van der Waals surface area (Å²) in [5, 5.41) is 2.75. The number of pyridine rings is 1. The molecule has 1 aromatic rings. The van der Waals surface area contributed by atoms with E-state index in [0.717, 1.165) is 5.56 Å². The molecule has 1 aromatic heterocycles. The molecule has 4 nitrogen and oxygen atoms in total. The van der Waals surface area contributed by atoms with Crippen LogP contribution in [0.2, 0.25) is 0 Å². The third kappa shape index (κ3) is 2.83. The maximum absolute atomic E-state index is 10.9. The SMILES string of the molecule is C[C@H](NC(=O)CN)c1ccncc1. The minimum atomic E-state index is -0.149. The molecular weight excluding hydrogens is 166 g/mol. The third-order valence-electron chi connectivity index (χ3n) is 1.77. The highest BCUT2D eigenvalue weighted by atomic mass is 16.1. The van der Waals surface area contributed by atoms with E-state index in [1.807, 2.05) is 19.1 Å². The van der Waals surface area contributed by atoms with Crippen molar-refractivity contribution in [2.75, 3.05) is 6.54 Å². The van der Waals surface area contributed by atoms with Crippen molar-refractivity contribution in [1.82, 2.24) is 10.3 Å². The van der Waals surface area contributed by atoms with Gasteiger partial charge in [-0.1, -0.05) is 0 Å². The summed E-state index contributed by atoms with van der Waals surface area (Å²) in [6, 6.07) is 3.71. The molecule has 0 radical (unpaired) electrons. The van der Waals surface area contributed by atoms with Crippen molar-refractivity contribution < 1.29 is 4.79 Å². The summed E-state index contributed by atoms with van der Waals surface area (Å²) >= 11 is 0. The zero-order valence-corrected chi connectivity index (χ0v) is 7.53. The molecule has 70 valence electrons. The fraction of sp³-hybridized carbons (Fsp3) is 0.333. The van der Waals surface area contributed by atoms with Crippen molar-refractivity contribution in [2.24, 2.45) is 5.73 Å². The molecule has 13 heavy (non-hydrogen) atoms. The predicted molar refractivity (Wildman–Crippen MR) is 49.8 cm³/mol. The first-order valence-electron chi connectivity index (χ1n) is 4.13. The molecule has 1 rings (SSSR count). The molecule has 0 unspecified atom stereocenters. The molecule has 0 bridgehead atoms. The Bertz CT molecular complexity index is 273. The van der Waals surface area contributed by atoms with Gasteiger partial charge < -0.3 is 11.1 Å². The maximum Gasteiger partial charge on any atom is 0.234 e. The Hall–Kier alpha value is -1.42. The minimum Gasteiger partial charge on any atom is -0.348 e. The number of hydrogen-bond acceptors (Lipinski definition) is 3. The fourth-order valence-electron chi connectivity index (χ4n) is 1.04. The number of hydrogen-bond donors (Lipinski definition) is 2. The Balaban J connectivity index is 2.59. The van der Waals surface area contributed by atoms with Crippen LogP contribution in [-0.2, 0) is 4.79 Å². The molecule has 0 aliphatic heterocycles. The van der Waals surface area contributed by atoms with E-state index in [1.54, 1.807) is 12.4 Å². The van der Waals surface area contributed by atoms with Crippen LogP contribution >= 0.6 is 0 Å². The quantitative estimate of drug-likeness (QED) is 0.697. The minimum absolute atomic E-state index is 0.0148. The highest BCUT2D eigenvalue weighted by Gasteiger charge is 2.06. The van der Waals surface area contributed by atoms with Crippen LogP contribution in [0.3, 0.4) is 0 Å². The smallest absolute Gasteiger partial charge is 0.234 e. The Morgan fingerprint density at radius 3 is 2.77 bits per heavy atom. The number of carbonyl (C=O) groups excluding carboxylic acids is 1. The van der Waals surface area contributed by atoms with Gasteiger partial charge in [0.1, 0.15) is 0 Å². The molecular formula is C9H13N3O. The Labute approximate surface area is 77.2 Å². The van der Waals surface area contributed by atoms with Gasteiger partial charge in [-0.3, -0.25) is 9.78 Å². The lowest BCUT2D eigenvalue weighted by atomic mass is 10.1. The number of aromatic nitrogens is 1. The summed E-state index contributed by atoms with van der Waals surface area (Å²) in [5.41, 5.74) is 6.20. The van der Waals surface area contributed by atoms with Gasteiger partial charge in [0.15, 0.2) is 0 Å². The topological polar surface area (TPSA) is 68.0 Å². The normalized spacial score (nSPS) is 12.2. The molecule has 0 aliphatic rings. The summed E-state index contributed by atoms with van der Waals surface area (Å²) in [6.45, 7) is 1.93. The van der Waals surface area contributed by atoms with Crippen LogP contribution in [0.4, 0.5) is 0 Å². The van der Waals surface area contributed by atoms with Gasteiger partial charge in [-0.25, -0.2) is 0 Å². The first-order chi connectivity index (χ1) is 6.24. The molecule has 0 fully saturated rings. The average molecular weight is 179 g/mol. The maximum atomic E-state index is 10.9. The Kier molecular flexibility index (Phi) is 3.40. The second kappa shape index (κ2) is 4.57. The van der Waals surface area contributed by atoms with Gasteiger partial charge in [0.2, 0.25) is 5.91 Å². The van der Waals surface area contributed by atoms with E-state index >= 15 is 0 Å². The van der Waals surface area contributed by atoms with Crippen LogP contribution < -0.4 is 11.1 Å². The van der Waals surface area contributed by atoms with Crippen molar-refractivity contribution in [3.63, 3.8) is 0 Å². The summed E-state index contributed by atoms with van der Waals surface area (Å²) in [7, 11) is 0. The molecule has 1 amide bonds. The Morgan fingerprint density at radius 2 is 2.23 bits per heavy atom. The van der Waals surface area contributed by atoms with Gasteiger partial charge in [-0.05, 0) is 24.6 Å². The first kappa shape index (κ1) is 9.67. The van der Waals surface area contributed by atoms with Crippen molar-refractivity contribution >= 4 is 5.91 Å². The van der Waals surface area contributed by atoms with E-state index in [2.05, 4.69) is 10.3 Å². The second-order valence-electron chi connectivity index (χ2n) is 2.77. The molecule has 1 atom stereocenters. The zero-order valence-electron chi connectivity index (χ0n) is 7.53. The van der Waals surface area contributed by atoms with E-state index in [1.165, 1.54) is 0 Å². The number of nitrogens with two attached hydrogens (primary N) is 1. The van der Waals surface area contributed by atoms with Crippen LogP contribution in [0.15, 0.2) is 24.5 Å². The number of nitrogens with one attached hydrogen (secondary N) is 1. The van der Waals surface area contributed by atoms with Gasteiger partial charge in [0.25, 0.3) is 0 Å². The number of amides is 1. The highest BCUT2D eigenvalue weighted by Crippen LogP contribution is 2.09. The summed E-state index contributed by atoms with van der Waals surface area (Å²) in [6.07, 6.45) is 3.39. The van der Waals surface area contributed by atoms with E-state index < -0.39 is 0 Å². The lowest BCUT2D eigenvalue weighted by molar-refractivity contribution is -0.120. The highest BCUT2D eigenvalue weighted by molar-refractivity contribution is 5.78. The lowest BCUT2D eigenvalue weighted by Crippen LogP contribution is -2.32. The van der Waals surface area contributed by atoms with Crippen LogP contribution in [0.1, 0.15) is 18.5 Å². The standard InChI is InChI=1S/C9H13N3O/c1-7(12-9(13)6-10)8-2-4-11-5-3-8/h2-5,7H,6,10H2,1H3,(H,12,13)/t7-/m0/s1. The van der Waals surface area contributed by atoms with E-state index in [4.69, 9.17) is 5.73 Å².